The summed E-state index contributed by atoms with van der Waals surface area (Å²) in [5.74, 6) is 0.652. The van der Waals surface area contributed by atoms with Crippen LogP contribution in [0.15, 0.2) is 48.7 Å². The van der Waals surface area contributed by atoms with E-state index in [2.05, 4.69) is 38.4 Å². The fraction of sp³-hybridized carbons (Fsp3) is 0.346. The highest BCUT2D eigenvalue weighted by molar-refractivity contribution is 5.98. The van der Waals surface area contributed by atoms with Gasteiger partial charge in [-0.05, 0) is 73.1 Å². The molecular weight excluding hydrogens is 414 g/mol. The average molecular weight is 444 g/mol. The first-order chi connectivity index (χ1) is 15.9. The number of carbonyl (C=O) groups is 2. The number of anilines is 1. The van der Waals surface area contributed by atoms with Gasteiger partial charge in [0.05, 0.1) is 12.0 Å². The van der Waals surface area contributed by atoms with Crippen LogP contribution >= 0.6 is 0 Å². The number of fused-ring (bicyclic) bond motifs is 2. The van der Waals surface area contributed by atoms with E-state index in [1.807, 2.05) is 32.3 Å². The lowest BCUT2D eigenvalue weighted by molar-refractivity contribution is -0.127. The number of aromatic nitrogens is 2. The Hall–Kier alpha value is -3.45. The Morgan fingerprint density at radius 2 is 2.03 bits per heavy atom. The molecule has 0 radical (unpaired) electrons. The first-order valence-electron chi connectivity index (χ1n) is 11.4. The lowest BCUT2D eigenvalue weighted by atomic mass is 9.71. The summed E-state index contributed by atoms with van der Waals surface area (Å²) in [6.45, 7) is 2.24. The first kappa shape index (κ1) is 21.4. The Balaban J connectivity index is 1.29. The molecule has 0 bridgehead atoms. The van der Waals surface area contributed by atoms with Gasteiger partial charge in [0.2, 0.25) is 11.8 Å². The molecule has 1 saturated heterocycles. The van der Waals surface area contributed by atoms with Crippen LogP contribution in [0.1, 0.15) is 29.7 Å². The van der Waals surface area contributed by atoms with Crippen molar-refractivity contribution < 1.29 is 9.59 Å². The van der Waals surface area contributed by atoms with Crippen LogP contribution in [0.2, 0.25) is 0 Å². The van der Waals surface area contributed by atoms with Crippen LogP contribution in [0.25, 0.3) is 17.0 Å². The second kappa shape index (κ2) is 8.48. The van der Waals surface area contributed by atoms with Crippen LogP contribution in [0.3, 0.4) is 0 Å². The van der Waals surface area contributed by atoms with Gasteiger partial charge < -0.3 is 20.1 Å². The van der Waals surface area contributed by atoms with E-state index in [0.29, 0.717) is 18.8 Å². The number of rotatable bonds is 4. The largest absolute Gasteiger partial charge is 0.346 e. The number of amides is 2. The number of carbonyl (C=O) groups excluding carboxylic acids is 2. The average Bonchev–Trinajstić information content (AvgIpc) is 3.14. The molecule has 1 spiro atoms. The van der Waals surface area contributed by atoms with E-state index in [4.69, 9.17) is 0 Å². The van der Waals surface area contributed by atoms with Crippen molar-refractivity contribution in [2.45, 2.75) is 25.8 Å². The SMILES string of the molecule is CN(Cc1cc2ccccc2n1C)C(=O)/C=C/c1cnc2c(c1)CC1(CCNCC1)C(=O)N2. The maximum absolute atomic E-state index is 12.8. The predicted octanol–water partition coefficient (Wildman–Crippen LogP) is 3.11. The van der Waals surface area contributed by atoms with Gasteiger partial charge in [-0.15, -0.1) is 0 Å². The third-order valence-electron chi connectivity index (χ3n) is 7.04. The quantitative estimate of drug-likeness (QED) is 0.608. The molecule has 0 saturated carbocycles. The fourth-order valence-corrected chi connectivity index (χ4v) is 4.97. The lowest BCUT2D eigenvalue weighted by Gasteiger charge is -2.39. The van der Waals surface area contributed by atoms with E-state index in [1.54, 1.807) is 23.2 Å². The topological polar surface area (TPSA) is 79.3 Å². The molecule has 2 aliphatic heterocycles. The summed E-state index contributed by atoms with van der Waals surface area (Å²) in [7, 11) is 3.84. The number of hydrogen-bond donors (Lipinski definition) is 2. The molecule has 4 heterocycles. The summed E-state index contributed by atoms with van der Waals surface area (Å²) in [4.78, 5) is 31.6. The number of piperidine rings is 1. The van der Waals surface area contributed by atoms with Crippen molar-refractivity contribution in [2.75, 3.05) is 25.5 Å². The Kier molecular flexibility index (Phi) is 5.50. The summed E-state index contributed by atoms with van der Waals surface area (Å²) in [6, 6.07) is 12.4. The molecule has 5 rings (SSSR count). The zero-order chi connectivity index (χ0) is 23.0. The molecule has 7 nitrogen and oxygen atoms in total. The standard InChI is InChI=1S/C26H29N5O2/c1-30(17-21-14-19-5-3-4-6-22(19)31(21)2)23(32)8-7-18-13-20-15-26(9-11-27-12-10-26)25(33)29-24(20)28-16-18/h3-8,13-14,16,27H,9-12,15,17H2,1-2H3,(H,28,29,33)/b8-7+. The maximum atomic E-state index is 12.8. The van der Waals surface area contributed by atoms with E-state index in [1.165, 1.54) is 5.39 Å². The number of para-hydroxylation sites is 1. The number of pyridine rings is 1. The number of nitrogens with one attached hydrogen (secondary N) is 2. The molecule has 2 aromatic heterocycles. The number of nitrogens with zero attached hydrogens (tertiary/aromatic N) is 3. The van der Waals surface area contributed by atoms with Gasteiger partial charge in [-0.3, -0.25) is 9.59 Å². The zero-order valence-electron chi connectivity index (χ0n) is 19.1. The van der Waals surface area contributed by atoms with E-state index in [-0.39, 0.29) is 17.2 Å². The van der Waals surface area contributed by atoms with E-state index in [0.717, 1.165) is 48.3 Å². The van der Waals surface area contributed by atoms with Gasteiger partial charge in [0.25, 0.3) is 0 Å². The van der Waals surface area contributed by atoms with Gasteiger partial charge in [0.1, 0.15) is 5.82 Å². The van der Waals surface area contributed by atoms with E-state index < -0.39 is 0 Å². The van der Waals surface area contributed by atoms with Crippen LogP contribution in [0, 0.1) is 5.41 Å². The highest BCUT2D eigenvalue weighted by Gasteiger charge is 2.43. The third-order valence-corrected chi connectivity index (χ3v) is 7.04. The first-order valence-corrected chi connectivity index (χ1v) is 11.4. The third kappa shape index (κ3) is 4.04. The Bertz CT molecular complexity index is 1250. The summed E-state index contributed by atoms with van der Waals surface area (Å²) < 4.78 is 2.13. The monoisotopic (exact) mass is 443 g/mol. The van der Waals surface area contributed by atoms with Crippen molar-refractivity contribution >= 4 is 34.6 Å². The Labute approximate surface area is 193 Å². The van der Waals surface area contributed by atoms with Crippen molar-refractivity contribution in [3.63, 3.8) is 0 Å². The number of likely N-dealkylation sites (N-methyl/N-ethyl adjacent to an activating group) is 1. The second-order valence-electron chi connectivity index (χ2n) is 9.22. The fourth-order valence-electron chi connectivity index (χ4n) is 4.97. The predicted molar refractivity (Wildman–Crippen MR) is 130 cm³/mol. The number of hydrogen-bond acceptors (Lipinski definition) is 4. The minimum absolute atomic E-state index is 0.0684. The van der Waals surface area contributed by atoms with Gasteiger partial charge in [-0.2, -0.15) is 0 Å². The van der Waals surface area contributed by atoms with Gasteiger partial charge >= 0.3 is 0 Å². The van der Waals surface area contributed by atoms with Crippen LogP contribution in [-0.4, -0.2) is 46.4 Å². The zero-order valence-corrected chi connectivity index (χ0v) is 19.1. The van der Waals surface area contributed by atoms with E-state index in [9.17, 15) is 9.59 Å². The molecule has 2 amide bonds. The summed E-state index contributed by atoms with van der Waals surface area (Å²) in [5, 5.41) is 7.50. The molecule has 1 fully saturated rings. The van der Waals surface area contributed by atoms with Crippen molar-refractivity contribution in [3.8, 4) is 0 Å². The molecule has 0 unspecified atom stereocenters. The molecule has 2 aliphatic rings. The summed E-state index contributed by atoms with van der Waals surface area (Å²) in [6.07, 6.45) is 7.45. The van der Waals surface area contributed by atoms with Gasteiger partial charge in [0.15, 0.2) is 0 Å². The van der Waals surface area contributed by atoms with Gasteiger partial charge in [-0.1, -0.05) is 18.2 Å². The number of aryl methyl sites for hydroxylation is 1. The van der Waals surface area contributed by atoms with Crippen molar-refractivity contribution in [2.24, 2.45) is 12.5 Å². The van der Waals surface area contributed by atoms with Gasteiger partial charge in [0, 0.05) is 37.6 Å². The smallest absolute Gasteiger partial charge is 0.246 e. The normalized spacial score (nSPS) is 17.3. The summed E-state index contributed by atoms with van der Waals surface area (Å²) in [5.41, 5.74) is 3.79. The number of benzene rings is 1. The molecule has 0 aliphatic carbocycles. The van der Waals surface area contributed by atoms with Crippen LogP contribution in [0.5, 0.6) is 0 Å². The molecule has 0 atom stereocenters. The van der Waals surface area contributed by atoms with Crippen molar-refractivity contribution in [1.82, 2.24) is 19.8 Å². The minimum atomic E-state index is -0.350. The molecule has 3 aromatic rings. The minimum Gasteiger partial charge on any atom is -0.346 e. The van der Waals surface area contributed by atoms with Crippen LogP contribution in [0.4, 0.5) is 5.82 Å². The van der Waals surface area contributed by atoms with Crippen molar-refractivity contribution in [3.05, 3.63) is 65.5 Å². The van der Waals surface area contributed by atoms with Crippen LogP contribution < -0.4 is 10.6 Å². The Morgan fingerprint density at radius 1 is 1.24 bits per heavy atom. The summed E-state index contributed by atoms with van der Waals surface area (Å²) >= 11 is 0. The molecule has 7 heteroatoms. The van der Waals surface area contributed by atoms with Gasteiger partial charge in [-0.25, -0.2) is 4.98 Å². The van der Waals surface area contributed by atoms with Crippen molar-refractivity contribution in [1.29, 1.82) is 0 Å². The highest BCUT2D eigenvalue weighted by Crippen LogP contribution is 2.39. The molecule has 2 N–H and O–H groups in total. The lowest BCUT2D eigenvalue weighted by Crippen LogP contribution is -2.48. The molecule has 170 valence electrons. The molecule has 33 heavy (non-hydrogen) atoms. The second-order valence-corrected chi connectivity index (χ2v) is 9.22. The highest BCUT2D eigenvalue weighted by atomic mass is 16.2. The molecule has 1 aromatic carbocycles. The maximum Gasteiger partial charge on any atom is 0.246 e. The van der Waals surface area contributed by atoms with E-state index >= 15 is 0 Å². The van der Waals surface area contributed by atoms with Crippen LogP contribution in [-0.2, 0) is 29.6 Å². The molecular formula is C26H29N5O2. The Morgan fingerprint density at radius 3 is 2.82 bits per heavy atom.